The van der Waals surface area contributed by atoms with Crippen LogP contribution in [0.15, 0.2) is 42.5 Å². The fraction of sp³-hybridized carbons (Fsp3) is 0.235. The van der Waals surface area contributed by atoms with Crippen molar-refractivity contribution in [2.24, 2.45) is 0 Å². The van der Waals surface area contributed by atoms with Crippen molar-refractivity contribution in [2.45, 2.75) is 20.0 Å². The molecule has 1 unspecified atom stereocenters. The highest BCUT2D eigenvalue weighted by Gasteiger charge is 2.10. The Morgan fingerprint density at radius 3 is 2.25 bits per heavy atom. The van der Waals surface area contributed by atoms with Crippen LogP contribution in [0.1, 0.15) is 28.4 Å². The molecule has 2 aromatic carbocycles. The summed E-state index contributed by atoms with van der Waals surface area (Å²) in [6, 6.07) is 14.9. The van der Waals surface area contributed by atoms with Crippen molar-refractivity contribution >= 4 is 0 Å². The minimum Gasteiger partial charge on any atom is -0.490 e. The van der Waals surface area contributed by atoms with E-state index in [1.54, 1.807) is 24.3 Å². The van der Waals surface area contributed by atoms with Gasteiger partial charge in [-0.3, -0.25) is 0 Å². The summed E-state index contributed by atoms with van der Waals surface area (Å²) in [6.07, 6.45) is -0.707. The summed E-state index contributed by atoms with van der Waals surface area (Å²) in [5.74, 6) is 0.820. The molecule has 1 N–H and O–H groups in total. The lowest BCUT2D eigenvalue weighted by molar-refractivity contribution is 0.107. The summed E-state index contributed by atoms with van der Waals surface area (Å²) in [4.78, 5) is 0. The summed E-state index contributed by atoms with van der Waals surface area (Å²) < 4.78 is 5.73. The minimum atomic E-state index is -0.707. The van der Waals surface area contributed by atoms with E-state index in [2.05, 4.69) is 6.07 Å². The van der Waals surface area contributed by atoms with Crippen molar-refractivity contribution in [3.05, 3.63) is 64.7 Å². The number of ether oxygens (including phenoxy) is 1. The second-order valence-corrected chi connectivity index (χ2v) is 4.78. The number of aryl methyl sites for hydroxylation is 2. The lowest BCUT2D eigenvalue weighted by Crippen LogP contribution is -2.10. The number of benzene rings is 2. The SMILES string of the molecule is Cc1cccc(C)c1OCC(O)c1ccc(C#N)cc1. The van der Waals surface area contributed by atoms with Crippen LogP contribution in [0.2, 0.25) is 0 Å². The minimum absolute atomic E-state index is 0.192. The first-order valence-corrected chi connectivity index (χ1v) is 6.49. The van der Waals surface area contributed by atoms with Crippen LogP contribution < -0.4 is 4.74 Å². The van der Waals surface area contributed by atoms with Crippen LogP contribution in [0, 0.1) is 25.2 Å². The van der Waals surface area contributed by atoms with Crippen LogP contribution in [-0.4, -0.2) is 11.7 Å². The zero-order valence-corrected chi connectivity index (χ0v) is 11.6. The normalized spacial score (nSPS) is 11.7. The topological polar surface area (TPSA) is 53.2 Å². The Bertz CT molecular complexity index is 606. The average molecular weight is 267 g/mol. The molecule has 1 atom stereocenters. The Morgan fingerprint density at radius 1 is 1.10 bits per heavy atom. The molecular weight excluding hydrogens is 250 g/mol. The second kappa shape index (κ2) is 6.23. The maximum absolute atomic E-state index is 10.1. The molecule has 0 aromatic heterocycles. The van der Waals surface area contributed by atoms with Crippen LogP contribution in [0.5, 0.6) is 5.75 Å². The molecular formula is C17H17NO2. The van der Waals surface area contributed by atoms with Gasteiger partial charge >= 0.3 is 0 Å². The van der Waals surface area contributed by atoms with E-state index in [9.17, 15) is 5.11 Å². The molecule has 0 aliphatic carbocycles. The zero-order chi connectivity index (χ0) is 14.5. The third kappa shape index (κ3) is 3.17. The Kier molecular flexibility index (Phi) is 4.39. The molecule has 0 saturated carbocycles. The lowest BCUT2D eigenvalue weighted by Gasteiger charge is -2.16. The van der Waals surface area contributed by atoms with Gasteiger partial charge in [-0.25, -0.2) is 0 Å². The number of para-hydroxylation sites is 1. The van der Waals surface area contributed by atoms with Crippen molar-refractivity contribution in [1.82, 2.24) is 0 Å². The van der Waals surface area contributed by atoms with Crippen molar-refractivity contribution in [2.75, 3.05) is 6.61 Å². The van der Waals surface area contributed by atoms with E-state index < -0.39 is 6.10 Å². The van der Waals surface area contributed by atoms with Gasteiger partial charge in [-0.1, -0.05) is 30.3 Å². The predicted octanol–water partition coefficient (Wildman–Crippen LogP) is 3.29. The Hall–Kier alpha value is -2.31. The summed E-state index contributed by atoms with van der Waals surface area (Å²) in [7, 11) is 0. The Balaban J connectivity index is 2.05. The van der Waals surface area contributed by atoms with Gasteiger partial charge in [-0.15, -0.1) is 0 Å². The van der Waals surface area contributed by atoms with E-state index in [0.717, 1.165) is 22.4 Å². The second-order valence-electron chi connectivity index (χ2n) is 4.78. The average Bonchev–Trinajstić information content (AvgIpc) is 2.46. The number of rotatable bonds is 4. The molecule has 0 bridgehead atoms. The Morgan fingerprint density at radius 2 is 1.70 bits per heavy atom. The number of nitrogens with zero attached hydrogens (tertiary/aromatic N) is 1. The van der Waals surface area contributed by atoms with Crippen LogP contribution in [0.3, 0.4) is 0 Å². The number of aliphatic hydroxyl groups is 1. The summed E-state index contributed by atoms with van der Waals surface area (Å²) in [5, 5.41) is 18.9. The van der Waals surface area contributed by atoms with Gasteiger partial charge in [-0.05, 0) is 42.7 Å². The number of hydrogen-bond donors (Lipinski definition) is 1. The number of nitriles is 1. The van der Waals surface area contributed by atoms with Crippen LogP contribution in [0.4, 0.5) is 0 Å². The van der Waals surface area contributed by atoms with Crippen LogP contribution >= 0.6 is 0 Å². The Labute approximate surface area is 119 Å². The van der Waals surface area contributed by atoms with Gasteiger partial charge in [0.15, 0.2) is 0 Å². The highest BCUT2D eigenvalue weighted by molar-refractivity contribution is 5.40. The zero-order valence-electron chi connectivity index (χ0n) is 11.6. The van der Waals surface area contributed by atoms with E-state index in [-0.39, 0.29) is 6.61 Å². The summed E-state index contributed by atoms with van der Waals surface area (Å²) in [5.41, 5.74) is 3.43. The van der Waals surface area contributed by atoms with Gasteiger partial charge in [0, 0.05) is 0 Å². The molecule has 2 rings (SSSR count). The molecule has 20 heavy (non-hydrogen) atoms. The van der Waals surface area contributed by atoms with E-state index in [4.69, 9.17) is 10.00 Å². The predicted molar refractivity (Wildman–Crippen MR) is 77.5 cm³/mol. The monoisotopic (exact) mass is 267 g/mol. The first-order chi connectivity index (χ1) is 9.61. The molecule has 0 radical (unpaired) electrons. The maximum atomic E-state index is 10.1. The van der Waals surface area contributed by atoms with E-state index in [0.29, 0.717) is 5.56 Å². The van der Waals surface area contributed by atoms with Crippen LogP contribution in [-0.2, 0) is 0 Å². The molecule has 0 aliphatic rings. The molecule has 0 amide bonds. The van der Waals surface area contributed by atoms with Gasteiger partial charge in [-0.2, -0.15) is 5.26 Å². The molecule has 3 nitrogen and oxygen atoms in total. The fourth-order valence-electron chi connectivity index (χ4n) is 2.07. The van der Waals surface area contributed by atoms with Gasteiger partial charge in [0.25, 0.3) is 0 Å². The van der Waals surface area contributed by atoms with Gasteiger partial charge in [0.2, 0.25) is 0 Å². The van der Waals surface area contributed by atoms with E-state index in [1.165, 1.54) is 0 Å². The van der Waals surface area contributed by atoms with Crippen molar-refractivity contribution in [3.63, 3.8) is 0 Å². The molecule has 2 aromatic rings. The van der Waals surface area contributed by atoms with Crippen molar-refractivity contribution < 1.29 is 9.84 Å². The van der Waals surface area contributed by atoms with E-state index >= 15 is 0 Å². The standard InChI is InChI=1S/C17H17NO2/c1-12-4-3-5-13(2)17(12)20-11-16(19)15-8-6-14(10-18)7-9-15/h3-9,16,19H,11H2,1-2H3. The van der Waals surface area contributed by atoms with Crippen LogP contribution in [0.25, 0.3) is 0 Å². The first-order valence-electron chi connectivity index (χ1n) is 6.49. The van der Waals surface area contributed by atoms with Gasteiger partial charge in [0.1, 0.15) is 18.5 Å². The van der Waals surface area contributed by atoms with Crippen molar-refractivity contribution in [1.29, 1.82) is 5.26 Å². The van der Waals surface area contributed by atoms with Gasteiger partial charge in [0.05, 0.1) is 11.6 Å². The molecule has 0 heterocycles. The van der Waals surface area contributed by atoms with E-state index in [1.807, 2.05) is 32.0 Å². The largest absolute Gasteiger partial charge is 0.490 e. The first kappa shape index (κ1) is 14.1. The summed E-state index contributed by atoms with van der Waals surface area (Å²) >= 11 is 0. The molecule has 0 aliphatic heterocycles. The van der Waals surface area contributed by atoms with Gasteiger partial charge < -0.3 is 9.84 Å². The van der Waals surface area contributed by atoms with Crippen molar-refractivity contribution in [3.8, 4) is 11.8 Å². The summed E-state index contributed by atoms with van der Waals surface area (Å²) in [6.45, 7) is 4.16. The maximum Gasteiger partial charge on any atom is 0.125 e. The number of aliphatic hydroxyl groups excluding tert-OH is 1. The molecule has 3 heteroatoms. The molecule has 0 saturated heterocycles. The third-order valence-electron chi connectivity index (χ3n) is 3.22. The molecule has 102 valence electrons. The lowest BCUT2D eigenvalue weighted by atomic mass is 10.1. The number of hydrogen-bond acceptors (Lipinski definition) is 3. The smallest absolute Gasteiger partial charge is 0.125 e. The quantitative estimate of drug-likeness (QED) is 0.924. The third-order valence-corrected chi connectivity index (χ3v) is 3.22. The highest BCUT2D eigenvalue weighted by atomic mass is 16.5. The highest BCUT2D eigenvalue weighted by Crippen LogP contribution is 2.24. The molecule has 0 spiro atoms. The fourth-order valence-corrected chi connectivity index (χ4v) is 2.07. The molecule has 0 fully saturated rings.